The van der Waals surface area contributed by atoms with Crippen LogP contribution < -0.4 is 10.6 Å². The van der Waals surface area contributed by atoms with Crippen molar-refractivity contribution in [3.05, 3.63) is 47.3 Å². The Labute approximate surface area is 119 Å². The second kappa shape index (κ2) is 5.88. The van der Waals surface area contributed by atoms with Crippen LogP contribution in [0.25, 0.3) is 0 Å². The zero-order valence-electron chi connectivity index (χ0n) is 12.1. The van der Waals surface area contributed by atoms with Crippen molar-refractivity contribution in [1.82, 2.24) is 9.78 Å². The second-order valence-corrected chi connectivity index (χ2v) is 4.69. The van der Waals surface area contributed by atoms with E-state index < -0.39 is 0 Å². The molecule has 2 N–H and O–H groups in total. The first-order valence-electron chi connectivity index (χ1n) is 6.68. The average molecular weight is 272 g/mol. The molecule has 1 aromatic heterocycles. The van der Waals surface area contributed by atoms with Gasteiger partial charge < -0.3 is 10.6 Å². The van der Waals surface area contributed by atoms with Crippen LogP contribution in [-0.2, 0) is 13.6 Å². The number of amides is 1. The van der Waals surface area contributed by atoms with Crippen LogP contribution in [0.3, 0.4) is 0 Å². The molecule has 106 valence electrons. The van der Waals surface area contributed by atoms with E-state index in [4.69, 9.17) is 5.73 Å². The van der Waals surface area contributed by atoms with Crippen molar-refractivity contribution >= 4 is 11.6 Å². The van der Waals surface area contributed by atoms with Gasteiger partial charge in [0.1, 0.15) is 0 Å². The van der Waals surface area contributed by atoms with E-state index in [2.05, 4.69) is 5.10 Å². The van der Waals surface area contributed by atoms with Crippen LogP contribution in [0.5, 0.6) is 0 Å². The monoisotopic (exact) mass is 272 g/mol. The summed E-state index contributed by atoms with van der Waals surface area (Å²) in [6.45, 7) is 4.96. The van der Waals surface area contributed by atoms with E-state index in [9.17, 15) is 4.79 Å². The summed E-state index contributed by atoms with van der Waals surface area (Å²) in [4.78, 5) is 14.4. The van der Waals surface area contributed by atoms with Gasteiger partial charge in [0.2, 0.25) is 0 Å². The summed E-state index contributed by atoms with van der Waals surface area (Å²) in [6.07, 6.45) is 1.62. The van der Waals surface area contributed by atoms with Crippen LogP contribution in [0.15, 0.2) is 30.5 Å². The lowest BCUT2D eigenvalue weighted by Crippen LogP contribution is -2.31. The number of benzene rings is 1. The molecule has 0 aliphatic heterocycles. The minimum absolute atomic E-state index is 0.0291. The van der Waals surface area contributed by atoms with Gasteiger partial charge in [-0.3, -0.25) is 9.48 Å². The number of carbonyl (C=O) groups is 1. The molecule has 0 atom stereocenters. The molecule has 0 aliphatic carbocycles. The highest BCUT2D eigenvalue weighted by atomic mass is 16.2. The summed E-state index contributed by atoms with van der Waals surface area (Å²) in [5, 5.41) is 4.13. The van der Waals surface area contributed by atoms with E-state index >= 15 is 0 Å². The van der Waals surface area contributed by atoms with Crippen LogP contribution in [0.2, 0.25) is 0 Å². The number of anilines is 1. The maximum Gasteiger partial charge on any atom is 0.261 e. The Morgan fingerprint density at radius 2 is 2.00 bits per heavy atom. The Bertz CT molecular complexity index is 601. The first-order valence-corrected chi connectivity index (χ1v) is 6.68. The number of nitrogens with zero attached hydrogens (tertiary/aromatic N) is 3. The first-order chi connectivity index (χ1) is 9.58. The van der Waals surface area contributed by atoms with Gasteiger partial charge in [0.15, 0.2) is 0 Å². The topological polar surface area (TPSA) is 64.2 Å². The van der Waals surface area contributed by atoms with Crippen LogP contribution in [0.1, 0.15) is 28.5 Å². The standard InChI is InChI=1S/C15H20N4O/c1-4-19(13-7-5-12(9-16)6-8-13)15(20)14-10-17-18(3)11(14)2/h5-8,10H,4,9,16H2,1-3H3. The molecule has 0 unspecified atom stereocenters. The number of aryl methyl sites for hydroxylation is 1. The molecule has 20 heavy (non-hydrogen) atoms. The second-order valence-electron chi connectivity index (χ2n) is 4.69. The van der Waals surface area contributed by atoms with Crippen LogP contribution in [0, 0.1) is 6.92 Å². The van der Waals surface area contributed by atoms with E-state index in [-0.39, 0.29) is 5.91 Å². The molecule has 0 fully saturated rings. The van der Waals surface area contributed by atoms with E-state index in [1.807, 2.05) is 45.2 Å². The fourth-order valence-corrected chi connectivity index (χ4v) is 2.11. The molecule has 0 saturated heterocycles. The number of carbonyl (C=O) groups excluding carboxylic acids is 1. The van der Waals surface area contributed by atoms with Gasteiger partial charge in [0, 0.05) is 31.5 Å². The van der Waals surface area contributed by atoms with Crippen LogP contribution in [-0.4, -0.2) is 22.2 Å². The van der Waals surface area contributed by atoms with Gasteiger partial charge >= 0.3 is 0 Å². The largest absolute Gasteiger partial charge is 0.326 e. The summed E-state index contributed by atoms with van der Waals surface area (Å²) in [6, 6.07) is 7.74. The molecule has 5 nitrogen and oxygen atoms in total. The number of hydrogen-bond acceptors (Lipinski definition) is 3. The van der Waals surface area contributed by atoms with Crippen LogP contribution >= 0.6 is 0 Å². The number of aromatic nitrogens is 2. The zero-order chi connectivity index (χ0) is 14.7. The van der Waals surface area contributed by atoms with Gasteiger partial charge in [-0.15, -0.1) is 0 Å². The van der Waals surface area contributed by atoms with E-state index in [1.165, 1.54) is 0 Å². The molecule has 0 aliphatic rings. The van der Waals surface area contributed by atoms with Gasteiger partial charge in [0.05, 0.1) is 11.8 Å². The molecule has 2 rings (SSSR count). The Morgan fingerprint density at radius 1 is 1.35 bits per heavy atom. The zero-order valence-corrected chi connectivity index (χ0v) is 12.1. The molecule has 0 bridgehead atoms. The molecular formula is C15H20N4O. The molecule has 0 radical (unpaired) electrons. The van der Waals surface area contributed by atoms with Gasteiger partial charge in [-0.25, -0.2) is 0 Å². The van der Waals surface area contributed by atoms with Gasteiger partial charge in [-0.05, 0) is 31.5 Å². The average Bonchev–Trinajstić information content (AvgIpc) is 2.80. The number of rotatable bonds is 4. The number of nitrogens with two attached hydrogens (primary N) is 1. The molecule has 0 saturated carbocycles. The molecule has 1 amide bonds. The highest BCUT2D eigenvalue weighted by molar-refractivity contribution is 6.06. The Balaban J connectivity index is 2.31. The summed E-state index contributed by atoms with van der Waals surface area (Å²) in [5.41, 5.74) is 9.02. The van der Waals surface area contributed by atoms with Crippen molar-refractivity contribution in [2.24, 2.45) is 12.8 Å². The minimum Gasteiger partial charge on any atom is -0.326 e. The third-order valence-electron chi connectivity index (χ3n) is 3.51. The highest BCUT2D eigenvalue weighted by Gasteiger charge is 2.20. The lowest BCUT2D eigenvalue weighted by atomic mass is 10.1. The molecule has 1 aromatic carbocycles. The summed E-state index contributed by atoms with van der Waals surface area (Å²) in [5.74, 6) is -0.0291. The quantitative estimate of drug-likeness (QED) is 0.924. The normalized spacial score (nSPS) is 10.6. The predicted molar refractivity (Wildman–Crippen MR) is 79.6 cm³/mol. The Hall–Kier alpha value is -2.14. The van der Waals surface area contributed by atoms with E-state index in [1.54, 1.807) is 15.8 Å². The molecular weight excluding hydrogens is 252 g/mol. The first kappa shape index (κ1) is 14.3. The fourth-order valence-electron chi connectivity index (χ4n) is 2.11. The van der Waals surface area contributed by atoms with Crippen LogP contribution in [0.4, 0.5) is 5.69 Å². The fraction of sp³-hybridized carbons (Fsp3) is 0.333. The molecule has 5 heteroatoms. The highest BCUT2D eigenvalue weighted by Crippen LogP contribution is 2.19. The smallest absolute Gasteiger partial charge is 0.261 e. The lowest BCUT2D eigenvalue weighted by Gasteiger charge is -2.21. The van der Waals surface area contributed by atoms with Crippen molar-refractivity contribution in [3.63, 3.8) is 0 Å². The maximum atomic E-state index is 12.6. The Morgan fingerprint density at radius 3 is 2.45 bits per heavy atom. The summed E-state index contributed by atoms with van der Waals surface area (Å²) in [7, 11) is 1.83. The maximum absolute atomic E-state index is 12.6. The lowest BCUT2D eigenvalue weighted by molar-refractivity contribution is 0.0987. The van der Waals surface area contributed by atoms with Gasteiger partial charge in [-0.2, -0.15) is 5.10 Å². The van der Waals surface area contributed by atoms with Gasteiger partial charge in [-0.1, -0.05) is 12.1 Å². The SMILES string of the molecule is CCN(C(=O)c1cnn(C)c1C)c1ccc(CN)cc1. The van der Waals surface area contributed by atoms with Crippen molar-refractivity contribution < 1.29 is 4.79 Å². The number of hydrogen-bond donors (Lipinski definition) is 1. The summed E-state index contributed by atoms with van der Waals surface area (Å²) >= 11 is 0. The minimum atomic E-state index is -0.0291. The van der Waals surface area contributed by atoms with Crippen molar-refractivity contribution in [2.45, 2.75) is 20.4 Å². The predicted octanol–water partition coefficient (Wildman–Crippen LogP) is 1.85. The van der Waals surface area contributed by atoms with Gasteiger partial charge in [0.25, 0.3) is 5.91 Å². The van der Waals surface area contributed by atoms with E-state index in [0.29, 0.717) is 18.7 Å². The van der Waals surface area contributed by atoms with Crippen molar-refractivity contribution in [1.29, 1.82) is 0 Å². The van der Waals surface area contributed by atoms with Crippen molar-refractivity contribution in [2.75, 3.05) is 11.4 Å². The van der Waals surface area contributed by atoms with E-state index in [0.717, 1.165) is 16.9 Å². The third kappa shape index (κ3) is 2.58. The van der Waals surface area contributed by atoms with Crippen molar-refractivity contribution in [3.8, 4) is 0 Å². The summed E-state index contributed by atoms with van der Waals surface area (Å²) < 4.78 is 1.71. The third-order valence-corrected chi connectivity index (χ3v) is 3.51. The molecule has 1 heterocycles. The molecule has 0 spiro atoms. The molecule has 2 aromatic rings. The Kier molecular flexibility index (Phi) is 4.20.